The molecule has 0 saturated carbocycles. The molecule has 2 N–H and O–H groups in total. The van der Waals surface area contributed by atoms with Crippen molar-refractivity contribution in [2.24, 2.45) is 5.10 Å². The van der Waals surface area contributed by atoms with E-state index in [4.69, 9.17) is 5.73 Å². The number of aryl methyl sites for hydroxylation is 2. The Kier molecular flexibility index (Phi) is 3.87. The molecule has 0 aliphatic carbocycles. The lowest BCUT2D eigenvalue weighted by Crippen LogP contribution is -2.19. The zero-order chi connectivity index (χ0) is 16.6. The molecule has 3 aromatic rings. The summed E-state index contributed by atoms with van der Waals surface area (Å²) in [7, 11) is 0. The number of rotatable bonds is 3. The monoisotopic (exact) mass is 327 g/mol. The van der Waals surface area contributed by atoms with E-state index >= 15 is 0 Å². The van der Waals surface area contributed by atoms with Crippen molar-refractivity contribution in [3.63, 3.8) is 0 Å². The molecule has 0 bridgehead atoms. The van der Waals surface area contributed by atoms with E-state index in [-0.39, 0.29) is 5.56 Å². The first-order valence-corrected chi connectivity index (χ1v) is 7.97. The summed E-state index contributed by atoms with van der Waals surface area (Å²) < 4.78 is 3.26. The molecule has 7 heteroatoms. The van der Waals surface area contributed by atoms with E-state index in [2.05, 4.69) is 14.7 Å². The van der Waals surface area contributed by atoms with Crippen LogP contribution in [0.4, 0.5) is 5.82 Å². The molecule has 0 aliphatic heterocycles. The Bertz CT molecular complexity index is 934. The summed E-state index contributed by atoms with van der Waals surface area (Å²) in [5, 5.41) is 7.09. The normalized spacial score (nSPS) is 11.4. The van der Waals surface area contributed by atoms with E-state index in [0.717, 1.165) is 27.6 Å². The first kappa shape index (κ1) is 15.2. The van der Waals surface area contributed by atoms with E-state index < -0.39 is 0 Å². The number of nitrogen functional groups attached to an aromatic ring is 1. The molecule has 0 aliphatic rings. The van der Waals surface area contributed by atoms with Crippen molar-refractivity contribution in [1.82, 2.24) is 14.2 Å². The molecule has 118 valence electrons. The Morgan fingerprint density at radius 3 is 2.70 bits per heavy atom. The number of pyridine rings is 1. The third kappa shape index (κ3) is 2.83. The third-order valence-electron chi connectivity index (χ3n) is 3.57. The molecule has 0 aromatic carbocycles. The second-order valence-electron chi connectivity index (χ2n) is 5.33. The van der Waals surface area contributed by atoms with Crippen LogP contribution in [-0.2, 0) is 0 Å². The van der Waals surface area contributed by atoms with E-state index in [1.165, 1.54) is 10.7 Å². The van der Waals surface area contributed by atoms with Crippen molar-refractivity contribution < 1.29 is 0 Å². The van der Waals surface area contributed by atoms with Gasteiger partial charge in [-0.3, -0.25) is 9.36 Å². The average molecular weight is 327 g/mol. The molecule has 0 fully saturated rings. The lowest BCUT2D eigenvalue weighted by molar-refractivity contribution is 0.843. The summed E-state index contributed by atoms with van der Waals surface area (Å²) >= 11 is 1.57. The number of nitrogens with zero attached hydrogens (tertiary/aromatic N) is 4. The maximum absolute atomic E-state index is 12.0. The first-order chi connectivity index (χ1) is 11.0. The third-order valence-corrected chi connectivity index (χ3v) is 4.33. The van der Waals surface area contributed by atoms with Crippen molar-refractivity contribution in [1.29, 1.82) is 0 Å². The minimum absolute atomic E-state index is 0.243. The lowest BCUT2D eigenvalue weighted by Gasteiger charge is -2.05. The summed E-state index contributed by atoms with van der Waals surface area (Å²) in [6.45, 7) is 5.84. The molecule has 3 heterocycles. The summed E-state index contributed by atoms with van der Waals surface area (Å²) in [4.78, 5) is 16.3. The van der Waals surface area contributed by atoms with Crippen LogP contribution in [0.2, 0.25) is 0 Å². The van der Waals surface area contributed by atoms with Gasteiger partial charge >= 0.3 is 0 Å². The van der Waals surface area contributed by atoms with Crippen molar-refractivity contribution in [2.75, 3.05) is 5.73 Å². The highest BCUT2D eigenvalue weighted by molar-refractivity contribution is 7.12. The van der Waals surface area contributed by atoms with Crippen LogP contribution in [0, 0.1) is 20.8 Å². The standard InChI is InChI=1S/C16H17N5OS/c1-10-6-14(17)21(15(22)7-10)19-9-13-8-11(2)20(12(13)3)16-18-4-5-23-16/h4-9H,17H2,1-3H3/b19-9-. The van der Waals surface area contributed by atoms with Crippen LogP contribution in [0.25, 0.3) is 5.13 Å². The Balaban J connectivity index is 2.02. The van der Waals surface area contributed by atoms with E-state index in [1.807, 2.05) is 32.2 Å². The number of thiazole rings is 1. The van der Waals surface area contributed by atoms with Gasteiger partial charge in [-0.15, -0.1) is 11.3 Å². The Labute approximate surface area is 137 Å². The molecule has 0 atom stereocenters. The molecule has 0 unspecified atom stereocenters. The van der Waals surface area contributed by atoms with Crippen LogP contribution in [-0.4, -0.2) is 20.4 Å². The van der Waals surface area contributed by atoms with Crippen LogP contribution in [0.5, 0.6) is 0 Å². The number of anilines is 1. The van der Waals surface area contributed by atoms with Crippen LogP contribution in [0.15, 0.2) is 39.7 Å². The van der Waals surface area contributed by atoms with Gasteiger partial charge in [0.15, 0.2) is 5.13 Å². The van der Waals surface area contributed by atoms with E-state index in [0.29, 0.717) is 5.82 Å². The fraction of sp³-hybridized carbons (Fsp3) is 0.188. The first-order valence-electron chi connectivity index (χ1n) is 7.09. The lowest BCUT2D eigenvalue weighted by atomic mass is 10.3. The summed E-state index contributed by atoms with van der Waals surface area (Å²) in [5.74, 6) is 0.319. The summed E-state index contributed by atoms with van der Waals surface area (Å²) in [5.41, 5.74) is 9.44. The van der Waals surface area contributed by atoms with Gasteiger partial charge < -0.3 is 5.73 Å². The smallest absolute Gasteiger partial charge is 0.273 e. The van der Waals surface area contributed by atoms with Crippen molar-refractivity contribution in [3.05, 3.63) is 62.6 Å². The van der Waals surface area contributed by atoms with Gasteiger partial charge in [0.25, 0.3) is 5.56 Å². The number of hydrogen-bond acceptors (Lipinski definition) is 5. The van der Waals surface area contributed by atoms with Crippen molar-refractivity contribution in [3.8, 4) is 5.13 Å². The quantitative estimate of drug-likeness (QED) is 0.751. The maximum atomic E-state index is 12.0. The molecule has 0 radical (unpaired) electrons. The summed E-state index contributed by atoms with van der Waals surface area (Å²) in [6, 6.07) is 5.24. The molecule has 0 spiro atoms. The molecule has 0 saturated heterocycles. The Morgan fingerprint density at radius 1 is 1.26 bits per heavy atom. The zero-order valence-corrected chi connectivity index (χ0v) is 14.0. The van der Waals surface area contributed by atoms with Gasteiger partial charge in [0.2, 0.25) is 0 Å². The largest absolute Gasteiger partial charge is 0.384 e. The van der Waals surface area contributed by atoms with Gasteiger partial charge in [0, 0.05) is 34.6 Å². The molecule has 3 rings (SSSR count). The van der Waals surface area contributed by atoms with Crippen molar-refractivity contribution >= 4 is 23.4 Å². The zero-order valence-electron chi connectivity index (χ0n) is 13.1. The topological polar surface area (TPSA) is 78.2 Å². The summed E-state index contributed by atoms with van der Waals surface area (Å²) in [6.07, 6.45) is 3.43. The van der Waals surface area contributed by atoms with Crippen LogP contribution < -0.4 is 11.3 Å². The number of aromatic nitrogens is 3. The molecular weight excluding hydrogens is 310 g/mol. The molecule has 23 heavy (non-hydrogen) atoms. The van der Waals surface area contributed by atoms with Gasteiger partial charge in [0.1, 0.15) is 5.82 Å². The van der Waals surface area contributed by atoms with Gasteiger partial charge in [-0.25, -0.2) is 4.98 Å². The van der Waals surface area contributed by atoms with Gasteiger partial charge in [0.05, 0.1) is 6.21 Å². The second kappa shape index (κ2) is 5.85. The predicted octanol–water partition coefficient (Wildman–Crippen LogP) is 2.49. The minimum Gasteiger partial charge on any atom is -0.384 e. The number of hydrogen-bond donors (Lipinski definition) is 1. The highest BCUT2D eigenvalue weighted by atomic mass is 32.1. The van der Waals surface area contributed by atoms with Crippen LogP contribution >= 0.6 is 11.3 Å². The highest BCUT2D eigenvalue weighted by Crippen LogP contribution is 2.21. The number of nitrogens with two attached hydrogens (primary N) is 1. The molecular formula is C16H17N5OS. The minimum atomic E-state index is -0.243. The maximum Gasteiger partial charge on any atom is 0.273 e. The molecule has 6 nitrogen and oxygen atoms in total. The van der Waals surface area contributed by atoms with E-state index in [9.17, 15) is 4.79 Å². The van der Waals surface area contributed by atoms with E-state index in [1.54, 1.807) is 29.8 Å². The van der Waals surface area contributed by atoms with Crippen LogP contribution in [0.3, 0.4) is 0 Å². The van der Waals surface area contributed by atoms with Gasteiger partial charge in [-0.1, -0.05) is 0 Å². The predicted molar refractivity (Wildman–Crippen MR) is 93.8 cm³/mol. The molecule has 3 aromatic heterocycles. The highest BCUT2D eigenvalue weighted by Gasteiger charge is 2.11. The van der Waals surface area contributed by atoms with Crippen LogP contribution in [0.1, 0.15) is 22.5 Å². The fourth-order valence-electron chi connectivity index (χ4n) is 2.50. The van der Waals surface area contributed by atoms with Gasteiger partial charge in [-0.05, 0) is 38.5 Å². The van der Waals surface area contributed by atoms with Gasteiger partial charge in [-0.2, -0.15) is 9.78 Å². The Hall–Kier alpha value is -2.67. The average Bonchev–Trinajstić information content (AvgIpc) is 3.06. The second-order valence-corrected chi connectivity index (χ2v) is 6.20. The molecule has 0 amide bonds. The van der Waals surface area contributed by atoms with Crippen molar-refractivity contribution in [2.45, 2.75) is 20.8 Å². The fourth-order valence-corrected chi connectivity index (χ4v) is 3.25. The SMILES string of the molecule is Cc1cc(N)n(/N=C\c2cc(C)n(-c3nccs3)c2C)c(=O)c1. The Morgan fingerprint density at radius 2 is 2.04 bits per heavy atom.